The molecule has 4 nitrogen and oxygen atoms in total. The zero-order valence-electron chi connectivity index (χ0n) is 8.55. The monoisotopic (exact) mass is 222 g/mol. The van der Waals surface area contributed by atoms with Crippen molar-refractivity contribution < 1.29 is 0 Å². The molecule has 5 heteroatoms. The lowest BCUT2D eigenvalue weighted by atomic mass is 10.5. The standard InChI is InChI=1S/C10H11ClN4/c1-14(2)8-5-6-15(7-8)10-4-3-9(11)12-13-10/h3-7H,1-2H3. The van der Waals surface area contributed by atoms with Gasteiger partial charge >= 0.3 is 0 Å². The van der Waals surface area contributed by atoms with Gasteiger partial charge < -0.3 is 9.47 Å². The van der Waals surface area contributed by atoms with E-state index in [-0.39, 0.29) is 0 Å². The fourth-order valence-electron chi connectivity index (χ4n) is 1.24. The predicted octanol–water partition coefficient (Wildman–Crippen LogP) is 1.99. The second-order valence-electron chi connectivity index (χ2n) is 3.39. The molecule has 0 saturated heterocycles. The summed E-state index contributed by atoms with van der Waals surface area (Å²) in [7, 11) is 3.99. The Bertz CT molecular complexity index is 447. The van der Waals surface area contributed by atoms with Gasteiger partial charge in [0.1, 0.15) is 0 Å². The van der Waals surface area contributed by atoms with Crippen LogP contribution >= 0.6 is 11.6 Å². The molecule has 0 saturated carbocycles. The second-order valence-corrected chi connectivity index (χ2v) is 3.77. The van der Waals surface area contributed by atoms with Gasteiger partial charge in [0.15, 0.2) is 11.0 Å². The maximum Gasteiger partial charge on any atom is 0.159 e. The summed E-state index contributed by atoms with van der Waals surface area (Å²) in [6, 6.07) is 5.56. The zero-order chi connectivity index (χ0) is 10.8. The van der Waals surface area contributed by atoms with E-state index in [1.54, 1.807) is 6.07 Å². The molecule has 2 aromatic rings. The number of aromatic nitrogens is 3. The molecule has 0 bridgehead atoms. The van der Waals surface area contributed by atoms with Gasteiger partial charge in [-0.15, -0.1) is 10.2 Å². The molecule has 0 atom stereocenters. The van der Waals surface area contributed by atoms with E-state index in [9.17, 15) is 0 Å². The summed E-state index contributed by atoms with van der Waals surface area (Å²) in [4.78, 5) is 2.03. The molecule has 2 rings (SSSR count). The van der Waals surface area contributed by atoms with Crippen LogP contribution in [-0.4, -0.2) is 28.9 Å². The summed E-state index contributed by atoms with van der Waals surface area (Å²) < 4.78 is 1.90. The van der Waals surface area contributed by atoms with Crippen molar-refractivity contribution in [2.24, 2.45) is 0 Å². The van der Waals surface area contributed by atoms with Crippen molar-refractivity contribution in [3.05, 3.63) is 35.7 Å². The Kier molecular flexibility index (Phi) is 2.60. The van der Waals surface area contributed by atoms with Gasteiger partial charge in [-0.3, -0.25) is 0 Å². The molecule has 0 N–H and O–H groups in total. The zero-order valence-corrected chi connectivity index (χ0v) is 9.31. The van der Waals surface area contributed by atoms with Crippen molar-refractivity contribution in [3.63, 3.8) is 0 Å². The molecule has 0 spiro atoms. The van der Waals surface area contributed by atoms with Crippen LogP contribution in [0.15, 0.2) is 30.6 Å². The van der Waals surface area contributed by atoms with Gasteiger partial charge in [0.25, 0.3) is 0 Å². The third kappa shape index (κ3) is 2.10. The highest BCUT2D eigenvalue weighted by Gasteiger charge is 2.01. The third-order valence-electron chi connectivity index (χ3n) is 2.08. The van der Waals surface area contributed by atoms with Crippen molar-refractivity contribution in [2.45, 2.75) is 0 Å². The van der Waals surface area contributed by atoms with Crippen LogP contribution in [0, 0.1) is 0 Å². The van der Waals surface area contributed by atoms with Crippen LogP contribution in [0.4, 0.5) is 5.69 Å². The van der Waals surface area contributed by atoms with Gasteiger partial charge in [-0.05, 0) is 18.2 Å². The van der Waals surface area contributed by atoms with E-state index in [4.69, 9.17) is 11.6 Å². The first-order chi connectivity index (χ1) is 7.16. The molecule has 0 unspecified atom stereocenters. The lowest BCUT2D eigenvalue weighted by molar-refractivity contribution is 0.918. The maximum atomic E-state index is 5.66. The van der Waals surface area contributed by atoms with Crippen molar-refractivity contribution >= 4 is 17.3 Å². The number of nitrogens with zero attached hydrogens (tertiary/aromatic N) is 4. The first-order valence-corrected chi connectivity index (χ1v) is 4.89. The third-order valence-corrected chi connectivity index (χ3v) is 2.28. The Labute approximate surface area is 93.1 Å². The van der Waals surface area contributed by atoms with Crippen LogP contribution < -0.4 is 4.90 Å². The number of hydrogen-bond donors (Lipinski definition) is 0. The SMILES string of the molecule is CN(C)c1ccn(-c2ccc(Cl)nn2)c1. The summed E-state index contributed by atoms with van der Waals surface area (Å²) >= 11 is 5.66. The highest BCUT2D eigenvalue weighted by atomic mass is 35.5. The molecule has 2 aromatic heterocycles. The van der Waals surface area contributed by atoms with E-state index < -0.39 is 0 Å². The maximum absolute atomic E-state index is 5.66. The molecule has 0 aromatic carbocycles. The Hall–Kier alpha value is -1.55. The number of rotatable bonds is 2. The van der Waals surface area contributed by atoms with Gasteiger partial charge in [0.05, 0.1) is 5.69 Å². The Balaban J connectivity index is 2.33. The van der Waals surface area contributed by atoms with Crippen molar-refractivity contribution in [1.82, 2.24) is 14.8 Å². The van der Waals surface area contributed by atoms with Gasteiger partial charge in [-0.25, -0.2) is 0 Å². The molecular formula is C10H11ClN4. The minimum Gasteiger partial charge on any atom is -0.376 e. The molecule has 78 valence electrons. The number of hydrogen-bond acceptors (Lipinski definition) is 3. The van der Waals surface area contributed by atoms with Crippen molar-refractivity contribution in [1.29, 1.82) is 0 Å². The number of anilines is 1. The van der Waals surface area contributed by atoms with Crippen molar-refractivity contribution in [3.8, 4) is 5.82 Å². The summed E-state index contributed by atoms with van der Waals surface area (Å²) in [5.74, 6) is 0.757. The quantitative estimate of drug-likeness (QED) is 0.779. The van der Waals surface area contributed by atoms with Crippen LogP contribution in [0.3, 0.4) is 0 Å². The largest absolute Gasteiger partial charge is 0.376 e. The van der Waals surface area contributed by atoms with E-state index in [0.29, 0.717) is 5.15 Å². The van der Waals surface area contributed by atoms with E-state index >= 15 is 0 Å². The molecule has 15 heavy (non-hydrogen) atoms. The Morgan fingerprint density at radius 3 is 2.53 bits per heavy atom. The summed E-state index contributed by atoms with van der Waals surface area (Å²) in [5.41, 5.74) is 1.12. The predicted molar refractivity (Wildman–Crippen MR) is 60.7 cm³/mol. The highest BCUT2D eigenvalue weighted by molar-refractivity contribution is 6.29. The lowest BCUT2D eigenvalue weighted by Crippen LogP contribution is -2.07. The summed E-state index contributed by atoms with van der Waals surface area (Å²) in [6.45, 7) is 0. The van der Waals surface area contributed by atoms with Crippen LogP contribution in [0.25, 0.3) is 5.82 Å². The molecule has 2 heterocycles. The topological polar surface area (TPSA) is 34.0 Å². The molecular weight excluding hydrogens is 212 g/mol. The van der Waals surface area contributed by atoms with E-state index in [0.717, 1.165) is 11.5 Å². The van der Waals surface area contributed by atoms with Gasteiger partial charge in [0.2, 0.25) is 0 Å². The smallest absolute Gasteiger partial charge is 0.159 e. The van der Waals surface area contributed by atoms with Crippen LogP contribution in [0.1, 0.15) is 0 Å². The van der Waals surface area contributed by atoms with Gasteiger partial charge in [-0.1, -0.05) is 11.6 Å². The first-order valence-electron chi connectivity index (χ1n) is 4.52. The lowest BCUT2D eigenvalue weighted by Gasteiger charge is -2.08. The fraction of sp³-hybridized carbons (Fsp3) is 0.200. The Morgan fingerprint density at radius 1 is 1.20 bits per heavy atom. The summed E-state index contributed by atoms with van der Waals surface area (Å²) in [5, 5.41) is 8.18. The summed E-state index contributed by atoms with van der Waals surface area (Å²) in [6.07, 6.45) is 3.92. The first kappa shape index (κ1) is 9.98. The van der Waals surface area contributed by atoms with E-state index in [1.807, 2.05) is 48.1 Å². The van der Waals surface area contributed by atoms with E-state index in [2.05, 4.69) is 10.2 Å². The molecule has 0 aliphatic carbocycles. The second kappa shape index (κ2) is 3.90. The molecule has 0 aliphatic heterocycles. The van der Waals surface area contributed by atoms with Crippen LogP contribution in [0.2, 0.25) is 5.15 Å². The van der Waals surface area contributed by atoms with Crippen LogP contribution in [-0.2, 0) is 0 Å². The van der Waals surface area contributed by atoms with Gasteiger partial charge in [-0.2, -0.15) is 0 Å². The highest BCUT2D eigenvalue weighted by Crippen LogP contribution is 2.15. The van der Waals surface area contributed by atoms with Crippen molar-refractivity contribution in [2.75, 3.05) is 19.0 Å². The number of halogens is 1. The van der Waals surface area contributed by atoms with E-state index in [1.165, 1.54) is 0 Å². The molecule has 0 fully saturated rings. The normalized spacial score (nSPS) is 10.3. The molecule has 0 amide bonds. The minimum atomic E-state index is 0.402. The minimum absolute atomic E-state index is 0.402. The van der Waals surface area contributed by atoms with Crippen LogP contribution in [0.5, 0.6) is 0 Å². The Morgan fingerprint density at radius 2 is 2.00 bits per heavy atom. The van der Waals surface area contributed by atoms with Gasteiger partial charge in [0, 0.05) is 26.5 Å². The fourth-order valence-corrected chi connectivity index (χ4v) is 1.34. The average molecular weight is 223 g/mol. The average Bonchev–Trinajstić information content (AvgIpc) is 2.68. The molecule has 0 aliphatic rings. The molecule has 0 radical (unpaired) electrons.